The first-order valence-corrected chi connectivity index (χ1v) is 7.30. The number of amides is 3. The molecule has 3 rings (SSSR count). The number of hydrogen-bond acceptors (Lipinski definition) is 3. The van der Waals surface area contributed by atoms with E-state index in [0.29, 0.717) is 17.2 Å². The monoisotopic (exact) mass is 336 g/mol. The van der Waals surface area contributed by atoms with Crippen LogP contribution < -0.4 is 5.32 Å². The maximum atomic E-state index is 12.2. The molecule has 0 bridgehead atoms. The molecule has 0 radical (unpaired) electrons. The van der Waals surface area contributed by atoms with Gasteiger partial charge in [-0.05, 0) is 31.0 Å². The third-order valence-electron chi connectivity index (χ3n) is 3.44. The second kappa shape index (κ2) is 5.01. The van der Waals surface area contributed by atoms with Gasteiger partial charge in [0, 0.05) is 23.5 Å². The number of fused-ring (bicyclic) bond motifs is 1. The van der Waals surface area contributed by atoms with Crippen LogP contribution in [0.3, 0.4) is 0 Å². The minimum atomic E-state index is -0.328. The van der Waals surface area contributed by atoms with E-state index in [-0.39, 0.29) is 30.7 Å². The van der Waals surface area contributed by atoms with Crippen LogP contribution in [0, 0.1) is 0 Å². The Bertz CT molecular complexity index is 610. The second-order valence-corrected chi connectivity index (χ2v) is 5.96. The van der Waals surface area contributed by atoms with Crippen LogP contribution in [0.4, 0.5) is 0 Å². The predicted molar refractivity (Wildman–Crippen MR) is 75.3 cm³/mol. The average molecular weight is 337 g/mol. The fourth-order valence-corrected chi connectivity index (χ4v) is 2.57. The van der Waals surface area contributed by atoms with Gasteiger partial charge in [0.25, 0.3) is 11.8 Å². The molecule has 0 unspecified atom stereocenters. The zero-order valence-electron chi connectivity index (χ0n) is 10.7. The lowest BCUT2D eigenvalue weighted by molar-refractivity contribution is -0.121. The van der Waals surface area contributed by atoms with Crippen LogP contribution in [-0.4, -0.2) is 35.2 Å². The Hall–Kier alpha value is -1.69. The molecule has 1 aromatic rings. The Balaban J connectivity index is 1.68. The van der Waals surface area contributed by atoms with Crippen LogP contribution in [0.5, 0.6) is 0 Å². The van der Waals surface area contributed by atoms with E-state index in [4.69, 9.17) is 0 Å². The van der Waals surface area contributed by atoms with E-state index in [1.54, 1.807) is 18.2 Å². The third-order valence-corrected chi connectivity index (χ3v) is 3.93. The highest BCUT2D eigenvalue weighted by atomic mass is 79.9. The number of hydrogen-bond donors (Lipinski definition) is 1. The van der Waals surface area contributed by atoms with Gasteiger partial charge in [0.1, 0.15) is 0 Å². The minimum Gasteiger partial charge on any atom is -0.353 e. The first-order chi connectivity index (χ1) is 9.56. The van der Waals surface area contributed by atoms with Crippen LogP contribution >= 0.6 is 15.9 Å². The van der Waals surface area contributed by atoms with Gasteiger partial charge in [0.2, 0.25) is 5.91 Å². The highest BCUT2D eigenvalue weighted by Crippen LogP contribution is 2.26. The highest BCUT2D eigenvalue weighted by Gasteiger charge is 2.35. The van der Waals surface area contributed by atoms with Gasteiger partial charge in [-0.1, -0.05) is 15.9 Å². The third kappa shape index (κ3) is 2.47. The molecule has 20 heavy (non-hydrogen) atoms. The van der Waals surface area contributed by atoms with Crippen LogP contribution in [0.15, 0.2) is 22.7 Å². The predicted octanol–water partition coefficient (Wildman–Crippen LogP) is 1.71. The largest absolute Gasteiger partial charge is 0.353 e. The Labute approximate surface area is 124 Å². The lowest BCUT2D eigenvalue weighted by Gasteiger charge is -2.13. The van der Waals surface area contributed by atoms with E-state index >= 15 is 0 Å². The SMILES string of the molecule is O=C(CCN1C(=O)c2ccc(Br)cc2C1=O)NC1CC1. The Morgan fingerprint density at radius 1 is 1.25 bits per heavy atom. The lowest BCUT2D eigenvalue weighted by atomic mass is 10.1. The number of rotatable bonds is 4. The summed E-state index contributed by atoms with van der Waals surface area (Å²) in [5.74, 6) is -0.757. The number of imide groups is 1. The summed E-state index contributed by atoms with van der Waals surface area (Å²) in [4.78, 5) is 37.0. The van der Waals surface area contributed by atoms with Crippen molar-refractivity contribution in [2.45, 2.75) is 25.3 Å². The molecule has 6 heteroatoms. The van der Waals surface area contributed by atoms with Gasteiger partial charge < -0.3 is 5.32 Å². The normalized spacial score (nSPS) is 17.4. The Morgan fingerprint density at radius 3 is 2.65 bits per heavy atom. The fraction of sp³-hybridized carbons (Fsp3) is 0.357. The zero-order chi connectivity index (χ0) is 14.3. The van der Waals surface area contributed by atoms with Crippen molar-refractivity contribution >= 4 is 33.7 Å². The number of carbonyl (C=O) groups excluding carboxylic acids is 3. The topological polar surface area (TPSA) is 66.5 Å². The average Bonchev–Trinajstić information content (AvgIpc) is 3.18. The number of nitrogens with one attached hydrogen (secondary N) is 1. The van der Waals surface area contributed by atoms with Crippen molar-refractivity contribution in [3.63, 3.8) is 0 Å². The van der Waals surface area contributed by atoms with Crippen LogP contribution in [0.25, 0.3) is 0 Å². The molecule has 5 nitrogen and oxygen atoms in total. The van der Waals surface area contributed by atoms with Gasteiger partial charge in [-0.3, -0.25) is 19.3 Å². The van der Waals surface area contributed by atoms with E-state index in [9.17, 15) is 14.4 Å². The molecular weight excluding hydrogens is 324 g/mol. The quantitative estimate of drug-likeness (QED) is 0.851. The summed E-state index contributed by atoms with van der Waals surface area (Å²) in [5, 5.41) is 2.84. The van der Waals surface area contributed by atoms with E-state index < -0.39 is 0 Å². The molecule has 1 heterocycles. The minimum absolute atomic E-state index is 0.106. The van der Waals surface area contributed by atoms with E-state index in [1.165, 1.54) is 0 Å². The van der Waals surface area contributed by atoms with Crippen molar-refractivity contribution in [2.24, 2.45) is 0 Å². The number of carbonyl (C=O) groups is 3. The van der Waals surface area contributed by atoms with Gasteiger partial charge in [0.15, 0.2) is 0 Å². The van der Waals surface area contributed by atoms with Crippen molar-refractivity contribution in [1.82, 2.24) is 10.2 Å². The van der Waals surface area contributed by atoms with E-state index in [2.05, 4.69) is 21.2 Å². The standard InChI is InChI=1S/C14H13BrN2O3/c15-8-1-4-10-11(7-8)14(20)17(13(10)19)6-5-12(18)16-9-2-3-9/h1,4,7,9H,2-3,5-6H2,(H,16,18). The summed E-state index contributed by atoms with van der Waals surface area (Å²) in [5.41, 5.74) is 0.799. The molecule has 1 saturated carbocycles. The lowest BCUT2D eigenvalue weighted by Crippen LogP contribution is -2.35. The highest BCUT2D eigenvalue weighted by molar-refractivity contribution is 9.10. The summed E-state index contributed by atoms with van der Waals surface area (Å²) >= 11 is 3.28. The van der Waals surface area contributed by atoms with Crippen molar-refractivity contribution in [3.05, 3.63) is 33.8 Å². The number of nitrogens with zero attached hydrogens (tertiary/aromatic N) is 1. The summed E-state index contributed by atoms with van der Waals surface area (Å²) in [6.45, 7) is 0.127. The second-order valence-electron chi connectivity index (χ2n) is 5.04. The maximum Gasteiger partial charge on any atom is 0.261 e. The molecule has 1 aliphatic heterocycles. The molecule has 0 saturated heterocycles. The van der Waals surface area contributed by atoms with Gasteiger partial charge in [-0.2, -0.15) is 0 Å². The first kappa shape index (κ1) is 13.3. The van der Waals surface area contributed by atoms with Crippen molar-refractivity contribution in [1.29, 1.82) is 0 Å². The van der Waals surface area contributed by atoms with Crippen molar-refractivity contribution < 1.29 is 14.4 Å². The van der Waals surface area contributed by atoms with Crippen LogP contribution in [0.1, 0.15) is 40.0 Å². The van der Waals surface area contributed by atoms with Crippen LogP contribution in [-0.2, 0) is 4.79 Å². The molecule has 0 aromatic heterocycles. The Morgan fingerprint density at radius 2 is 1.95 bits per heavy atom. The molecule has 0 spiro atoms. The molecular formula is C14H13BrN2O3. The van der Waals surface area contributed by atoms with Crippen LogP contribution in [0.2, 0.25) is 0 Å². The van der Waals surface area contributed by atoms with E-state index in [0.717, 1.165) is 22.2 Å². The summed E-state index contributed by atoms with van der Waals surface area (Å²) < 4.78 is 0.755. The maximum absolute atomic E-state index is 12.2. The van der Waals surface area contributed by atoms with Gasteiger partial charge in [-0.25, -0.2) is 0 Å². The van der Waals surface area contributed by atoms with Crippen molar-refractivity contribution in [3.8, 4) is 0 Å². The molecule has 1 aliphatic carbocycles. The van der Waals surface area contributed by atoms with Gasteiger partial charge >= 0.3 is 0 Å². The summed E-state index contributed by atoms with van der Waals surface area (Å²) in [7, 11) is 0. The summed E-state index contributed by atoms with van der Waals surface area (Å²) in [6, 6.07) is 5.29. The Kier molecular flexibility index (Phi) is 3.33. The van der Waals surface area contributed by atoms with Gasteiger partial charge in [0.05, 0.1) is 11.1 Å². The zero-order valence-corrected chi connectivity index (χ0v) is 12.3. The van der Waals surface area contributed by atoms with Gasteiger partial charge in [-0.15, -0.1) is 0 Å². The fourth-order valence-electron chi connectivity index (χ4n) is 2.21. The number of halogens is 1. The summed E-state index contributed by atoms with van der Waals surface area (Å²) in [6.07, 6.45) is 2.20. The number of benzene rings is 1. The first-order valence-electron chi connectivity index (χ1n) is 6.51. The molecule has 2 aliphatic rings. The van der Waals surface area contributed by atoms with Crippen molar-refractivity contribution in [2.75, 3.05) is 6.54 Å². The molecule has 1 fully saturated rings. The smallest absolute Gasteiger partial charge is 0.261 e. The molecule has 1 N–H and O–H groups in total. The molecule has 104 valence electrons. The molecule has 1 aromatic carbocycles. The molecule has 3 amide bonds. The van der Waals surface area contributed by atoms with E-state index in [1.807, 2.05) is 0 Å². The molecule has 0 atom stereocenters.